The van der Waals surface area contributed by atoms with Crippen LogP contribution >= 0.6 is 23.4 Å². The van der Waals surface area contributed by atoms with E-state index < -0.39 is 0 Å². The summed E-state index contributed by atoms with van der Waals surface area (Å²) in [5.41, 5.74) is 5.77. The van der Waals surface area contributed by atoms with E-state index in [0.717, 1.165) is 4.90 Å². The number of nitrogens with one attached hydrogen (secondary N) is 1. The van der Waals surface area contributed by atoms with Crippen LogP contribution in [0.25, 0.3) is 10.9 Å². The third kappa shape index (κ3) is 2.35. The molecule has 0 unspecified atom stereocenters. The summed E-state index contributed by atoms with van der Waals surface area (Å²) < 4.78 is 0. The molecular formula is C13H9ClN4OS. The van der Waals surface area contributed by atoms with E-state index in [4.69, 9.17) is 17.3 Å². The van der Waals surface area contributed by atoms with Crippen molar-refractivity contribution in [2.45, 2.75) is 9.79 Å². The van der Waals surface area contributed by atoms with E-state index in [1.165, 1.54) is 11.8 Å². The first-order chi connectivity index (χ1) is 9.65. The van der Waals surface area contributed by atoms with Crippen LogP contribution in [0.15, 0.2) is 51.2 Å². The number of nitrogens with two attached hydrogens (primary N) is 1. The number of hydrogen-bond donors (Lipinski definition) is 2. The van der Waals surface area contributed by atoms with Gasteiger partial charge in [0.05, 0.1) is 15.9 Å². The Labute approximate surface area is 123 Å². The van der Waals surface area contributed by atoms with E-state index in [2.05, 4.69) is 15.0 Å². The summed E-state index contributed by atoms with van der Waals surface area (Å²) in [7, 11) is 0. The van der Waals surface area contributed by atoms with E-state index in [-0.39, 0.29) is 11.5 Å². The Hall–Kier alpha value is -2.05. The summed E-state index contributed by atoms with van der Waals surface area (Å²) >= 11 is 7.61. The molecule has 0 aliphatic carbocycles. The summed E-state index contributed by atoms with van der Waals surface area (Å²) in [4.78, 5) is 24.3. The van der Waals surface area contributed by atoms with Gasteiger partial charge >= 0.3 is 0 Å². The van der Waals surface area contributed by atoms with Crippen LogP contribution < -0.4 is 11.3 Å². The lowest BCUT2D eigenvalue weighted by atomic mass is 10.2. The molecule has 0 bridgehead atoms. The lowest BCUT2D eigenvalue weighted by Gasteiger charge is -2.07. The van der Waals surface area contributed by atoms with Gasteiger partial charge in [-0.3, -0.25) is 14.8 Å². The first-order valence-electron chi connectivity index (χ1n) is 5.71. The summed E-state index contributed by atoms with van der Waals surface area (Å²) in [6.45, 7) is 0. The van der Waals surface area contributed by atoms with Crippen molar-refractivity contribution in [2.75, 3.05) is 5.73 Å². The zero-order valence-electron chi connectivity index (χ0n) is 10.1. The molecule has 0 saturated carbocycles. The van der Waals surface area contributed by atoms with Gasteiger partial charge in [0.2, 0.25) is 5.95 Å². The van der Waals surface area contributed by atoms with Gasteiger partial charge in [-0.05, 0) is 24.3 Å². The Balaban J connectivity index is 2.24. The Kier molecular flexibility index (Phi) is 3.33. The van der Waals surface area contributed by atoms with Crippen LogP contribution in [-0.2, 0) is 0 Å². The van der Waals surface area contributed by atoms with Gasteiger partial charge in [0, 0.05) is 22.2 Å². The number of benzene rings is 1. The van der Waals surface area contributed by atoms with Crippen LogP contribution in [0.1, 0.15) is 0 Å². The number of nitrogens with zero attached hydrogens (tertiary/aromatic N) is 2. The molecule has 3 rings (SSSR count). The second-order valence-corrected chi connectivity index (χ2v) is 5.50. The van der Waals surface area contributed by atoms with Crippen LogP contribution in [0.3, 0.4) is 0 Å². The van der Waals surface area contributed by atoms with Crippen LogP contribution in [0.4, 0.5) is 5.95 Å². The van der Waals surface area contributed by atoms with Gasteiger partial charge in [-0.25, -0.2) is 4.98 Å². The topological polar surface area (TPSA) is 84.7 Å². The average Bonchev–Trinajstić information content (AvgIpc) is 2.43. The normalized spacial score (nSPS) is 10.8. The van der Waals surface area contributed by atoms with Gasteiger partial charge in [0.25, 0.3) is 5.56 Å². The van der Waals surface area contributed by atoms with Crippen LogP contribution in [0.5, 0.6) is 0 Å². The van der Waals surface area contributed by atoms with Crippen LogP contribution in [-0.4, -0.2) is 15.0 Å². The molecule has 7 heteroatoms. The predicted molar refractivity (Wildman–Crippen MR) is 80.1 cm³/mol. The van der Waals surface area contributed by atoms with Gasteiger partial charge < -0.3 is 5.73 Å². The third-order valence-corrected chi connectivity index (χ3v) is 4.23. The number of aromatic amines is 1. The lowest BCUT2D eigenvalue weighted by Crippen LogP contribution is -2.12. The minimum Gasteiger partial charge on any atom is -0.369 e. The standard InChI is InChI=1S/C13H9ClN4OS/c14-8-1-2-9-10(12(19)18-13(15)17-9)11(8)20-7-3-5-16-6-4-7/h1-6H,(H3,15,17,18,19). The maximum Gasteiger partial charge on any atom is 0.261 e. The highest BCUT2D eigenvalue weighted by Crippen LogP contribution is 2.36. The van der Waals surface area contributed by atoms with Crippen molar-refractivity contribution >= 4 is 40.2 Å². The molecule has 20 heavy (non-hydrogen) atoms. The molecule has 2 heterocycles. The number of hydrogen-bond acceptors (Lipinski definition) is 5. The molecule has 0 radical (unpaired) electrons. The van der Waals surface area contributed by atoms with Gasteiger partial charge in [-0.2, -0.15) is 0 Å². The fourth-order valence-electron chi connectivity index (χ4n) is 1.82. The number of aromatic nitrogens is 3. The molecule has 5 nitrogen and oxygen atoms in total. The molecule has 100 valence electrons. The van der Waals surface area contributed by atoms with Gasteiger partial charge in [0.15, 0.2) is 0 Å². The average molecular weight is 305 g/mol. The molecule has 0 atom stereocenters. The number of rotatable bonds is 2. The van der Waals surface area contributed by atoms with Crippen LogP contribution in [0.2, 0.25) is 5.02 Å². The minimum absolute atomic E-state index is 0.0877. The number of H-pyrrole nitrogens is 1. The zero-order chi connectivity index (χ0) is 14.1. The summed E-state index contributed by atoms with van der Waals surface area (Å²) in [5.74, 6) is 0.0877. The maximum absolute atomic E-state index is 12.1. The Morgan fingerprint density at radius 1 is 1.20 bits per heavy atom. The van der Waals surface area contributed by atoms with Crippen molar-refractivity contribution in [1.29, 1.82) is 0 Å². The lowest BCUT2D eigenvalue weighted by molar-refractivity contribution is 1.18. The molecule has 2 aromatic heterocycles. The van der Waals surface area contributed by atoms with E-state index in [9.17, 15) is 4.79 Å². The minimum atomic E-state index is -0.299. The van der Waals surface area contributed by atoms with Crippen molar-refractivity contribution < 1.29 is 0 Å². The van der Waals surface area contributed by atoms with E-state index in [1.807, 2.05) is 12.1 Å². The first-order valence-corrected chi connectivity index (χ1v) is 6.90. The Morgan fingerprint density at radius 3 is 2.70 bits per heavy atom. The summed E-state index contributed by atoms with van der Waals surface area (Å²) in [6.07, 6.45) is 3.36. The van der Waals surface area contributed by atoms with Crippen molar-refractivity contribution in [3.8, 4) is 0 Å². The number of nitrogen functional groups attached to an aromatic ring is 1. The fourth-order valence-corrected chi connectivity index (χ4v) is 3.05. The molecule has 0 saturated heterocycles. The molecule has 0 spiro atoms. The third-order valence-electron chi connectivity index (χ3n) is 2.67. The molecule has 0 aliphatic rings. The van der Waals surface area contributed by atoms with Crippen molar-refractivity contribution in [2.24, 2.45) is 0 Å². The molecule has 3 aromatic rings. The highest BCUT2D eigenvalue weighted by Gasteiger charge is 2.13. The van der Waals surface area contributed by atoms with Gasteiger partial charge in [-0.1, -0.05) is 23.4 Å². The van der Waals surface area contributed by atoms with Crippen LogP contribution in [0, 0.1) is 0 Å². The van der Waals surface area contributed by atoms with E-state index >= 15 is 0 Å². The molecule has 0 fully saturated rings. The molecule has 0 amide bonds. The summed E-state index contributed by atoms with van der Waals surface area (Å²) in [6, 6.07) is 7.08. The number of halogens is 1. The van der Waals surface area contributed by atoms with Crippen molar-refractivity contribution in [3.63, 3.8) is 0 Å². The van der Waals surface area contributed by atoms with E-state index in [1.54, 1.807) is 24.5 Å². The molecular weight excluding hydrogens is 296 g/mol. The van der Waals surface area contributed by atoms with Crippen molar-refractivity contribution in [1.82, 2.24) is 15.0 Å². The SMILES string of the molecule is Nc1nc2ccc(Cl)c(Sc3ccncc3)c2c(=O)[nH]1. The summed E-state index contributed by atoms with van der Waals surface area (Å²) in [5, 5.41) is 0.935. The number of pyridine rings is 1. The fraction of sp³-hybridized carbons (Fsp3) is 0. The molecule has 3 N–H and O–H groups in total. The van der Waals surface area contributed by atoms with Crippen molar-refractivity contribution in [3.05, 3.63) is 52.0 Å². The van der Waals surface area contributed by atoms with Gasteiger partial charge in [0.1, 0.15) is 0 Å². The second-order valence-electron chi connectivity index (χ2n) is 4.01. The predicted octanol–water partition coefficient (Wildman–Crippen LogP) is 2.70. The second kappa shape index (κ2) is 5.15. The van der Waals surface area contributed by atoms with Gasteiger partial charge in [-0.15, -0.1) is 0 Å². The largest absolute Gasteiger partial charge is 0.369 e. The highest BCUT2D eigenvalue weighted by molar-refractivity contribution is 7.99. The quantitative estimate of drug-likeness (QED) is 0.760. The monoisotopic (exact) mass is 304 g/mol. The number of fused-ring (bicyclic) bond motifs is 1. The maximum atomic E-state index is 12.1. The van der Waals surface area contributed by atoms with E-state index in [0.29, 0.717) is 20.8 Å². The molecule has 0 aliphatic heterocycles. The molecule has 1 aromatic carbocycles. The Morgan fingerprint density at radius 2 is 1.95 bits per heavy atom. The Bertz CT molecular complexity index is 835. The highest BCUT2D eigenvalue weighted by atomic mass is 35.5. The number of anilines is 1. The first kappa shape index (κ1) is 13.0. The zero-order valence-corrected chi connectivity index (χ0v) is 11.7. The smallest absolute Gasteiger partial charge is 0.261 e.